The summed E-state index contributed by atoms with van der Waals surface area (Å²) in [4.78, 5) is 1.44. The van der Waals surface area contributed by atoms with Crippen molar-refractivity contribution in [2.24, 2.45) is 11.1 Å². The van der Waals surface area contributed by atoms with Crippen molar-refractivity contribution in [1.29, 1.82) is 0 Å². The van der Waals surface area contributed by atoms with Crippen LogP contribution in [-0.2, 0) is 6.42 Å². The summed E-state index contributed by atoms with van der Waals surface area (Å²) in [6.45, 7) is 5.32. The van der Waals surface area contributed by atoms with Gasteiger partial charge in [-0.2, -0.15) is 0 Å². The van der Waals surface area contributed by atoms with E-state index in [2.05, 4.69) is 41.9 Å². The second-order valence-electron chi connectivity index (χ2n) is 4.09. The fourth-order valence-electron chi connectivity index (χ4n) is 1.40. The molecule has 0 aliphatic carbocycles. The molecule has 0 unspecified atom stereocenters. The smallest absolute Gasteiger partial charge is 0.0701 e. The zero-order valence-electron chi connectivity index (χ0n) is 8.14. The van der Waals surface area contributed by atoms with E-state index in [1.165, 1.54) is 8.66 Å². The molecule has 0 saturated heterocycles. The monoisotopic (exact) mass is 261 g/mol. The molecule has 0 aliphatic heterocycles. The van der Waals surface area contributed by atoms with Gasteiger partial charge in [-0.3, -0.25) is 0 Å². The largest absolute Gasteiger partial charge is 0.330 e. The molecule has 0 aliphatic rings. The van der Waals surface area contributed by atoms with E-state index in [9.17, 15) is 0 Å². The van der Waals surface area contributed by atoms with Crippen LogP contribution >= 0.6 is 27.3 Å². The van der Waals surface area contributed by atoms with Crippen molar-refractivity contribution in [3.63, 3.8) is 0 Å². The third kappa shape index (κ3) is 3.79. The van der Waals surface area contributed by atoms with Gasteiger partial charge in [-0.15, -0.1) is 11.3 Å². The van der Waals surface area contributed by atoms with Gasteiger partial charge in [0, 0.05) is 4.88 Å². The van der Waals surface area contributed by atoms with E-state index >= 15 is 0 Å². The van der Waals surface area contributed by atoms with E-state index < -0.39 is 0 Å². The Morgan fingerprint density at radius 3 is 2.62 bits per heavy atom. The van der Waals surface area contributed by atoms with Gasteiger partial charge >= 0.3 is 0 Å². The molecule has 0 spiro atoms. The Labute approximate surface area is 92.5 Å². The van der Waals surface area contributed by atoms with E-state index in [-0.39, 0.29) is 0 Å². The minimum absolute atomic E-state index is 0.332. The number of thiophene rings is 1. The number of halogens is 1. The number of hydrogen-bond donors (Lipinski definition) is 1. The van der Waals surface area contributed by atoms with Crippen LogP contribution in [0.2, 0.25) is 0 Å². The maximum atomic E-state index is 5.57. The Morgan fingerprint density at radius 1 is 1.46 bits per heavy atom. The predicted molar refractivity (Wildman–Crippen MR) is 63.2 cm³/mol. The molecule has 0 atom stereocenters. The minimum atomic E-state index is 0.332. The molecule has 1 aromatic heterocycles. The molecule has 1 heterocycles. The Hall–Kier alpha value is 0.140. The summed E-state index contributed by atoms with van der Waals surface area (Å²) in [5.41, 5.74) is 5.90. The van der Waals surface area contributed by atoms with Crippen molar-refractivity contribution < 1.29 is 0 Å². The molecule has 13 heavy (non-hydrogen) atoms. The average Bonchev–Trinajstić information content (AvgIpc) is 2.34. The molecule has 3 heteroatoms. The van der Waals surface area contributed by atoms with E-state index in [1.54, 1.807) is 0 Å². The summed E-state index contributed by atoms with van der Waals surface area (Å²) in [5.74, 6) is 0. The molecule has 1 rings (SSSR count). The van der Waals surface area contributed by atoms with Gasteiger partial charge in [0.15, 0.2) is 0 Å². The first-order chi connectivity index (χ1) is 6.03. The first kappa shape index (κ1) is 11.2. The summed E-state index contributed by atoms with van der Waals surface area (Å²) >= 11 is 5.29. The molecule has 0 aromatic carbocycles. The second kappa shape index (κ2) is 4.58. The Bertz CT molecular complexity index is 268. The van der Waals surface area contributed by atoms with Crippen molar-refractivity contribution in [2.45, 2.75) is 26.7 Å². The first-order valence-electron chi connectivity index (χ1n) is 4.48. The summed E-state index contributed by atoms with van der Waals surface area (Å²) < 4.78 is 1.21. The molecular formula is C10H16BrNS. The standard InChI is InChI=1S/C10H16BrNS/c1-10(2,5-6-12)7-8-3-4-9(11)13-8/h3-4H,5-7,12H2,1-2H3. The topological polar surface area (TPSA) is 26.0 Å². The molecule has 1 nitrogen and oxygen atoms in total. The highest BCUT2D eigenvalue weighted by molar-refractivity contribution is 9.11. The van der Waals surface area contributed by atoms with Gasteiger partial charge in [-0.25, -0.2) is 0 Å². The van der Waals surface area contributed by atoms with Gasteiger partial charge in [-0.05, 0) is 52.9 Å². The van der Waals surface area contributed by atoms with E-state index in [1.807, 2.05) is 11.3 Å². The molecule has 0 saturated carbocycles. The molecule has 0 fully saturated rings. The van der Waals surface area contributed by atoms with E-state index in [4.69, 9.17) is 5.73 Å². The van der Waals surface area contributed by atoms with Gasteiger partial charge in [0.1, 0.15) is 0 Å². The zero-order chi connectivity index (χ0) is 9.90. The molecule has 0 bridgehead atoms. The highest BCUT2D eigenvalue weighted by Gasteiger charge is 2.18. The lowest BCUT2D eigenvalue weighted by Crippen LogP contribution is -2.19. The zero-order valence-corrected chi connectivity index (χ0v) is 10.5. The summed E-state index contributed by atoms with van der Waals surface area (Å²) in [6, 6.07) is 4.30. The molecule has 0 amide bonds. The fourth-order valence-corrected chi connectivity index (χ4v) is 3.14. The van der Waals surface area contributed by atoms with Gasteiger partial charge in [0.2, 0.25) is 0 Å². The molecule has 1 aromatic rings. The highest BCUT2D eigenvalue weighted by Crippen LogP contribution is 2.30. The van der Waals surface area contributed by atoms with Crippen LogP contribution in [0, 0.1) is 5.41 Å². The van der Waals surface area contributed by atoms with E-state index in [0.717, 1.165) is 19.4 Å². The van der Waals surface area contributed by atoms with Crippen LogP contribution in [0.5, 0.6) is 0 Å². The van der Waals surface area contributed by atoms with Crippen LogP contribution in [0.1, 0.15) is 25.1 Å². The Balaban J connectivity index is 2.57. The molecule has 2 N–H and O–H groups in total. The number of hydrogen-bond acceptors (Lipinski definition) is 2. The number of nitrogens with two attached hydrogens (primary N) is 1. The maximum Gasteiger partial charge on any atom is 0.0701 e. The molecule has 74 valence electrons. The van der Waals surface area contributed by atoms with Gasteiger partial charge < -0.3 is 5.73 Å². The normalized spacial score (nSPS) is 12.0. The lowest BCUT2D eigenvalue weighted by atomic mass is 9.85. The lowest BCUT2D eigenvalue weighted by Gasteiger charge is -2.22. The third-order valence-electron chi connectivity index (χ3n) is 2.10. The quantitative estimate of drug-likeness (QED) is 0.883. The Morgan fingerprint density at radius 2 is 2.15 bits per heavy atom. The fraction of sp³-hybridized carbons (Fsp3) is 0.600. The SMILES string of the molecule is CC(C)(CCN)Cc1ccc(Br)s1. The summed E-state index contributed by atoms with van der Waals surface area (Å²) in [6.07, 6.45) is 2.21. The van der Waals surface area contributed by atoms with E-state index in [0.29, 0.717) is 5.41 Å². The van der Waals surface area contributed by atoms with Crippen molar-refractivity contribution in [1.82, 2.24) is 0 Å². The van der Waals surface area contributed by atoms with Crippen LogP contribution < -0.4 is 5.73 Å². The van der Waals surface area contributed by atoms with Gasteiger partial charge in [-0.1, -0.05) is 13.8 Å². The third-order valence-corrected chi connectivity index (χ3v) is 3.73. The van der Waals surface area contributed by atoms with Crippen LogP contribution in [0.4, 0.5) is 0 Å². The second-order valence-corrected chi connectivity index (χ2v) is 6.63. The number of rotatable bonds is 4. The minimum Gasteiger partial charge on any atom is -0.330 e. The van der Waals surface area contributed by atoms with Crippen molar-refractivity contribution in [2.75, 3.05) is 6.54 Å². The average molecular weight is 262 g/mol. The van der Waals surface area contributed by atoms with Gasteiger partial charge in [0.25, 0.3) is 0 Å². The first-order valence-corrected chi connectivity index (χ1v) is 6.09. The maximum absolute atomic E-state index is 5.57. The Kier molecular flexibility index (Phi) is 3.95. The van der Waals surface area contributed by atoms with Crippen LogP contribution in [0.15, 0.2) is 15.9 Å². The van der Waals surface area contributed by atoms with Gasteiger partial charge in [0.05, 0.1) is 3.79 Å². The summed E-state index contributed by atoms with van der Waals surface area (Å²) in [7, 11) is 0. The van der Waals surface area contributed by atoms with Crippen LogP contribution in [0.25, 0.3) is 0 Å². The van der Waals surface area contributed by atoms with Crippen LogP contribution in [0.3, 0.4) is 0 Å². The molecular weight excluding hydrogens is 246 g/mol. The molecule has 0 radical (unpaired) electrons. The van der Waals surface area contributed by atoms with Crippen molar-refractivity contribution >= 4 is 27.3 Å². The predicted octanol–water partition coefficient (Wildman–Crippen LogP) is 3.43. The van der Waals surface area contributed by atoms with Crippen molar-refractivity contribution in [3.05, 3.63) is 20.8 Å². The highest BCUT2D eigenvalue weighted by atomic mass is 79.9. The lowest BCUT2D eigenvalue weighted by molar-refractivity contribution is 0.341. The van der Waals surface area contributed by atoms with Crippen LogP contribution in [-0.4, -0.2) is 6.54 Å². The van der Waals surface area contributed by atoms with Crippen molar-refractivity contribution in [3.8, 4) is 0 Å². The summed E-state index contributed by atoms with van der Waals surface area (Å²) in [5, 5.41) is 0.